The van der Waals surface area contributed by atoms with Crippen LogP contribution in [0.15, 0.2) is 18.2 Å². The third-order valence-corrected chi connectivity index (χ3v) is 3.34. The quantitative estimate of drug-likeness (QED) is 0.896. The van der Waals surface area contributed by atoms with E-state index < -0.39 is 0 Å². The maximum absolute atomic E-state index is 11.8. The van der Waals surface area contributed by atoms with Gasteiger partial charge < -0.3 is 10.1 Å². The first kappa shape index (κ1) is 12.4. The number of ketones is 1. The van der Waals surface area contributed by atoms with Crippen molar-refractivity contribution in [2.45, 2.75) is 12.8 Å². The fourth-order valence-electron chi connectivity index (χ4n) is 2.16. The van der Waals surface area contributed by atoms with Crippen LogP contribution in [0, 0.1) is 5.92 Å². The first-order chi connectivity index (χ1) is 8.20. The molecule has 1 saturated heterocycles. The minimum absolute atomic E-state index is 0.0381. The molecule has 3 nitrogen and oxygen atoms in total. The van der Waals surface area contributed by atoms with Gasteiger partial charge in [0.05, 0.1) is 7.11 Å². The summed E-state index contributed by atoms with van der Waals surface area (Å²) in [6.07, 6.45) is 1.31. The molecule has 1 aliphatic rings. The van der Waals surface area contributed by atoms with E-state index in [0.29, 0.717) is 23.6 Å². The summed E-state index contributed by atoms with van der Waals surface area (Å²) >= 11 is 5.97. The number of benzene rings is 1. The van der Waals surface area contributed by atoms with Gasteiger partial charge in [0.25, 0.3) is 0 Å². The third-order valence-electron chi connectivity index (χ3n) is 3.10. The van der Waals surface area contributed by atoms with Crippen molar-refractivity contribution in [2.24, 2.45) is 5.92 Å². The van der Waals surface area contributed by atoms with Crippen LogP contribution in [-0.4, -0.2) is 26.0 Å². The Kier molecular flexibility index (Phi) is 4.02. The fraction of sp³-hybridized carbons (Fsp3) is 0.462. The monoisotopic (exact) mass is 253 g/mol. The molecule has 92 valence electrons. The summed E-state index contributed by atoms with van der Waals surface area (Å²) in [5, 5.41) is 3.92. The highest BCUT2D eigenvalue weighted by Gasteiger charge is 2.23. The molecule has 0 spiro atoms. The second kappa shape index (κ2) is 5.52. The van der Waals surface area contributed by atoms with E-state index in [4.69, 9.17) is 16.3 Å². The van der Waals surface area contributed by atoms with Crippen LogP contribution in [0.25, 0.3) is 0 Å². The van der Waals surface area contributed by atoms with Gasteiger partial charge in [-0.05, 0) is 30.2 Å². The number of nitrogens with one attached hydrogen (secondary N) is 1. The van der Waals surface area contributed by atoms with Crippen LogP contribution in [0.5, 0.6) is 5.75 Å². The van der Waals surface area contributed by atoms with Gasteiger partial charge in [-0.3, -0.25) is 4.79 Å². The van der Waals surface area contributed by atoms with Gasteiger partial charge in [-0.15, -0.1) is 0 Å². The van der Waals surface area contributed by atoms with Crippen LogP contribution in [0.4, 0.5) is 0 Å². The highest BCUT2D eigenvalue weighted by molar-refractivity contribution is 6.30. The zero-order valence-corrected chi connectivity index (χ0v) is 10.6. The van der Waals surface area contributed by atoms with Crippen molar-refractivity contribution < 1.29 is 9.53 Å². The zero-order chi connectivity index (χ0) is 12.3. The van der Waals surface area contributed by atoms with Crippen molar-refractivity contribution in [1.82, 2.24) is 5.32 Å². The molecule has 0 amide bonds. The second-order valence-corrected chi connectivity index (χ2v) is 4.71. The molecule has 1 N–H and O–H groups in total. The van der Waals surface area contributed by atoms with Gasteiger partial charge in [0.15, 0.2) is 0 Å². The Labute approximate surface area is 106 Å². The normalized spacial score (nSPS) is 20.4. The SMILES string of the molecule is COc1ccc(Cl)cc1CC1CNCCC1=O. The summed E-state index contributed by atoms with van der Waals surface area (Å²) in [4.78, 5) is 11.8. The van der Waals surface area contributed by atoms with Gasteiger partial charge in [0.1, 0.15) is 11.5 Å². The van der Waals surface area contributed by atoms with E-state index >= 15 is 0 Å². The maximum atomic E-state index is 11.8. The highest BCUT2D eigenvalue weighted by Crippen LogP contribution is 2.26. The van der Waals surface area contributed by atoms with Gasteiger partial charge >= 0.3 is 0 Å². The number of piperidine rings is 1. The molecule has 4 heteroatoms. The molecule has 1 unspecified atom stereocenters. The summed E-state index contributed by atoms with van der Waals surface area (Å²) in [6.45, 7) is 1.54. The van der Waals surface area contributed by atoms with Crippen molar-refractivity contribution in [2.75, 3.05) is 20.2 Å². The Hall–Kier alpha value is -1.06. The number of rotatable bonds is 3. The van der Waals surface area contributed by atoms with Crippen molar-refractivity contribution in [3.63, 3.8) is 0 Å². The number of methoxy groups -OCH3 is 1. The predicted molar refractivity (Wildman–Crippen MR) is 67.7 cm³/mol. The summed E-state index contributed by atoms with van der Waals surface area (Å²) in [6, 6.07) is 5.52. The molecule has 1 fully saturated rings. The average molecular weight is 254 g/mol. The molecule has 0 radical (unpaired) electrons. The average Bonchev–Trinajstić information content (AvgIpc) is 2.32. The van der Waals surface area contributed by atoms with E-state index in [0.717, 1.165) is 24.4 Å². The van der Waals surface area contributed by atoms with Crippen LogP contribution < -0.4 is 10.1 Å². The van der Waals surface area contributed by atoms with Crippen LogP contribution in [0.1, 0.15) is 12.0 Å². The number of carbonyl (C=O) groups is 1. The fourth-order valence-corrected chi connectivity index (χ4v) is 2.36. The number of halogens is 1. The molecular weight excluding hydrogens is 238 g/mol. The molecule has 0 aliphatic carbocycles. The molecular formula is C13H16ClNO2. The second-order valence-electron chi connectivity index (χ2n) is 4.28. The number of hydrogen-bond acceptors (Lipinski definition) is 3. The lowest BCUT2D eigenvalue weighted by atomic mass is 9.91. The number of hydrogen-bond donors (Lipinski definition) is 1. The van der Waals surface area contributed by atoms with E-state index in [1.54, 1.807) is 13.2 Å². The third kappa shape index (κ3) is 2.99. The minimum Gasteiger partial charge on any atom is -0.496 e. The number of carbonyl (C=O) groups excluding carboxylic acids is 1. The molecule has 1 aromatic carbocycles. The molecule has 17 heavy (non-hydrogen) atoms. The summed E-state index contributed by atoms with van der Waals surface area (Å²) < 4.78 is 5.29. The largest absolute Gasteiger partial charge is 0.496 e. The van der Waals surface area contributed by atoms with E-state index in [9.17, 15) is 4.79 Å². The minimum atomic E-state index is 0.0381. The van der Waals surface area contributed by atoms with Crippen LogP contribution in [0.3, 0.4) is 0 Å². The molecule has 0 aromatic heterocycles. The highest BCUT2D eigenvalue weighted by atomic mass is 35.5. The van der Waals surface area contributed by atoms with Crippen LogP contribution in [-0.2, 0) is 11.2 Å². The molecule has 0 saturated carbocycles. The first-order valence-electron chi connectivity index (χ1n) is 5.76. The van der Waals surface area contributed by atoms with Gasteiger partial charge in [-0.1, -0.05) is 11.6 Å². The molecule has 0 bridgehead atoms. The standard InChI is InChI=1S/C13H16ClNO2/c1-17-13-3-2-11(14)7-9(13)6-10-8-15-5-4-12(10)16/h2-3,7,10,15H,4-6,8H2,1H3. The summed E-state index contributed by atoms with van der Waals surface area (Å²) in [5.74, 6) is 1.16. The smallest absolute Gasteiger partial charge is 0.138 e. The van der Waals surface area contributed by atoms with Crippen molar-refractivity contribution in [3.8, 4) is 5.75 Å². The van der Waals surface area contributed by atoms with Gasteiger partial charge in [-0.25, -0.2) is 0 Å². The Morgan fingerprint density at radius 3 is 3.06 bits per heavy atom. The van der Waals surface area contributed by atoms with E-state index in [2.05, 4.69) is 5.32 Å². The lowest BCUT2D eigenvalue weighted by Gasteiger charge is -2.22. The lowest BCUT2D eigenvalue weighted by Crippen LogP contribution is -2.38. The predicted octanol–water partition coefficient (Wildman–Crippen LogP) is 2.07. The summed E-state index contributed by atoms with van der Waals surface area (Å²) in [5.41, 5.74) is 1.00. The van der Waals surface area contributed by atoms with E-state index in [1.807, 2.05) is 12.1 Å². The Balaban J connectivity index is 2.16. The summed E-state index contributed by atoms with van der Waals surface area (Å²) in [7, 11) is 1.63. The molecule has 1 atom stereocenters. The van der Waals surface area contributed by atoms with Gasteiger partial charge in [-0.2, -0.15) is 0 Å². The number of Topliss-reactive ketones (excluding diaryl/α,β-unsaturated/α-hetero) is 1. The van der Waals surface area contributed by atoms with Crippen molar-refractivity contribution >= 4 is 17.4 Å². The van der Waals surface area contributed by atoms with Crippen molar-refractivity contribution in [3.05, 3.63) is 28.8 Å². The van der Waals surface area contributed by atoms with Crippen LogP contribution >= 0.6 is 11.6 Å². The Morgan fingerprint density at radius 1 is 1.53 bits per heavy atom. The topological polar surface area (TPSA) is 38.3 Å². The van der Waals surface area contributed by atoms with Gasteiger partial charge in [0, 0.05) is 30.5 Å². The molecule has 1 aliphatic heterocycles. The molecule has 2 rings (SSSR count). The lowest BCUT2D eigenvalue weighted by molar-refractivity contribution is -0.123. The van der Waals surface area contributed by atoms with E-state index in [-0.39, 0.29) is 5.92 Å². The zero-order valence-electron chi connectivity index (χ0n) is 9.83. The molecule has 1 aromatic rings. The number of ether oxygens (including phenoxy) is 1. The van der Waals surface area contributed by atoms with E-state index in [1.165, 1.54) is 0 Å². The van der Waals surface area contributed by atoms with Crippen LogP contribution in [0.2, 0.25) is 5.02 Å². The first-order valence-corrected chi connectivity index (χ1v) is 6.14. The Morgan fingerprint density at radius 2 is 2.35 bits per heavy atom. The van der Waals surface area contributed by atoms with Crippen molar-refractivity contribution in [1.29, 1.82) is 0 Å². The Bertz CT molecular complexity index is 420. The molecule has 1 heterocycles. The maximum Gasteiger partial charge on any atom is 0.138 e. The van der Waals surface area contributed by atoms with Gasteiger partial charge in [0.2, 0.25) is 0 Å².